The second-order valence-electron chi connectivity index (χ2n) is 5.23. The van der Waals surface area contributed by atoms with E-state index in [0.29, 0.717) is 13.1 Å². The quantitative estimate of drug-likeness (QED) is 0.857. The number of phenolic OH excluding ortho intramolecular Hbond substituents is 1. The van der Waals surface area contributed by atoms with Crippen molar-refractivity contribution < 1.29 is 27.8 Å². The van der Waals surface area contributed by atoms with E-state index >= 15 is 0 Å². The Balaban J connectivity index is 2.06. The first-order valence-corrected chi connectivity index (χ1v) is 6.77. The van der Waals surface area contributed by atoms with Gasteiger partial charge in [-0.3, -0.25) is 9.69 Å². The number of carbonyl (C=O) groups excluding carboxylic acids is 1. The molecule has 0 aliphatic carbocycles. The average Bonchev–Trinajstić information content (AvgIpc) is 2.42. The van der Waals surface area contributed by atoms with Gasteiger partial charge >= 0.3 is 6.36 Å². The lowest BCUT2D eigenvalue weighted by Gasteiger charge is -2.31. The molecule has 0 spiro atoms. The summed E-state index contributed by atoms with van der Waals surface area (Å²) in [7, 11) is 1.98. The van der Waals surface area contributed by atoms with Crippen LogP contribution in [0.3, 0.4) is 0 Å². The normalized spacial score (nSPS) is 17.5. The van der Waals surface area contributed by atoms with Crippen LogP contribution in [0.5, 0.6) is 11.5 Å². The molecule has 0 radical (unpaired) electrons. The van der Waals surface area contributed by atoms with Crippen molar-refractivity contribution in [1.82, 2.24) is 9.80 Å². The van der Waals surface area contributed by atoms with E-state index in [1.165, 1.54) is 0 Å². The maximum atomic E-state index is 12.2. The van der Waals surface area contributed by atoms with Crippen LogP contribution >= 0.6 is 0 Å². The van der Waals surface area contributed by atoms with Gasteiger partial charge in [0.1, 0.15) is 11.5 Å². The summed E-state index contributed by atoms with van der Waals surface area (Å²) in [6, 6.07) is 2.91. The van der Waals surface area contributed by atoms with Crippen molar-refractivity contribution >= 4 is 5.78 Å². The van der Waals surface area contributed by atoms with Crippen LogP contribution < -0.4 is 4.74 Å². The molecule has 0 bridgehead atoms. The minimum Gasteiger partial charge on any atom is -0.507 e. The molecule has 1 aromatic carbocycles. The van der Waals surface area contributed by atoms with Gasteiger partial charge in [-0.25, -0.2) is 0 Å². The number of likely N-dealkylation sites (N-methyl/N-ethyl adjacent to an activating group) is 1. The Kier molecular flexibility index (Phi) is 4.92. The summed E-state index contributed by atoms with van der Waals surface area (Å²) in [4.78, 5) is 16.2. The molecule has 0 atom stereocenters. The van der Waals surface area contributed by atoms with Crippen molar-refractivity contribution in [3.63, 3.8) is 0 Å². The zero-order valence-corrected chi connectivity index (χ0v) is 12.1. The molecule has 1 aliphatic rings. The van der Waals surface area contributed by atoms with Gasteiger partial charge in [0.2, 0.25) is 0 Å². The van der Waals surface area contributed by atoms with Crippen molar-refractivity contribution in [3.05, 3.63) is 23.8 Å². The summed E-state index contributed by atoms with van der Waals surface area (Å²) >= 11 is 0. The van der Waals surface area contributed by atoms with E-state index in [1.54, 1.807) is 0 Å². The van der Waals surface area contributed by atoms with Crippen molar-refractivity contribution in [2.75, 3.05) is 39.8 Å². The zero-order chi connectivity index (χ0) is 16.3. The summed E-state index contributed by atoms with van der Waals surface area (Å²) in [5.74, 6) is -1.31. The van der Waals surface area contributed by atoms with Crippen LogP contribution in [0.25, 0.3) is 0 Å². The van der Waals surface area contributed by atoms with Gasteiger partial charge in [-0.15, -0.1) is 13.2 Å². The number of ketones is 1. The van der Waals surface area contributed by atoms with Crippen LogP contribution in [0.2, 0.25) is 0 Å². The molecule has 0 amide bonds. The molecule has 1 aromatic rings. The Morgan fingerprint density at radius 3 is 2.50 bits per heavy atom. The predicted octanol–water partition coefficient (Wildman–Crippen LogP) is 1.72. The van der Waals surface area contributed by atoms with Crippen LogP contribution in [0.15, 0.2) is 18.2 Å². The summed E-state index contributed by atoms with van der Waals surface area (Å²) in [5, 5.41) is 9.69. The van der Waals surface area contributed by atoms with Gasteiger partial charge in [0.15, 0.2) is 5.78 Å². The third-order valence-electron chi connectivity index (χ3n) is 3.47. The smallest absolute Gasteiger partial charge is 0.507 e. The van der Waals surface area contributed by atoms with E-state index in [-0.39, 0.29) is 17.9 Å². The first kappa shape index (κ1) is 16.6. The number of halogens is 3. The Bertz CT molecular complexity index is 541. The maximum absolute atomic E-state index is 12.2. The molecule has 1 fully saturated rings. The first-order chi connectivity index (χ1) is 10.2. The molecule has 0 aromatic heterocycles. The van der Waals surface area contributed by atoms with Crippen LogP contribution in [-0.4, -0.2) is 66.8 Å². The SMILES string of the molecule is CN1CCN(CC(=O)c2cc(OC(F)(F)F)ccc2O)CC1. The maximum Gasteiger partial charge on any atom is 0.573 e. The zero-order valence-electron chi connectivity index (χ0n) is 12.1. The number of benzene rings is 1. The van der Waals surface area contributed by atoms with Crippen molar-refractivity contribution in [3.8, 4) is 11.5 Å². The lowest BCUT2D eigenvalue weighted by Crippen LogP contribution is -2.46. The number of hydrogen-bond acceptors (Lipinski definition) is 5. The van der Waals surface area contributed by atoms with Crippen molar-refractivity contribution in [1.29, 1.82) is 0 Å². The van der Waals surface area contributed by atoms with E-state index in [2.05, 4.69) is 9.64 Å². The van der Waals surface area contributed by atoms with Gasteiger partial charge in [0.05, 0.1) is 12.1 Å². The van der Waals surface area contributed by atoms with E-state index in [9.17, 15) is 23.1 Å². The predicted molar refractivity (Wildman–Crippen MR) is 73.1 cm³/mol. The number of alkyl halides is 3. The third kappa shape index (κ3) is 4.60. The minimum absolute atomic E-state index is 0.0525. The van der Waals surface area contributed by atoms with Crippen LogP contribution in [0.1, 0.15) is 10.4 Å². The first-order valence-electron chi connectivity index (χ1n) is 6.77. The molecular weight excluding hydrogens is 301 g/mol. The molecule has 8 heteroatoms. The van der Waals surface area contributed by atoms with Crippen LogP contribution in [0, 0.1) is 0 Å². The number of rotatable bonds is 4. The van der Waals surface area contributed by atoms with E-state index in [0.717, 1.165) is 31.3 Å². The highest BCUT2D eigenvalue weighted by Gasteiger charge is 2.31. The van der Waals surface area contributed by atoms with E-state index in [1.807, 2.05) is 11.9 Å². The highest BCUT2D eigenvalue weighted by Crippen LogP contribution is 2.28. The number of aromatic hydroxyl groups is 1. The average molecular weight is 318 g/mol. The Morgan fingerprint density at radius 1 is 1.27 bits per heavy atom. The molecule has 22 heavy (non-hydrogen) atoms. The van der Waals surface area contributed by atoms with Crippen molar-refractivity contribution in [2.45, 2.75) is 6.36 Å². The number of ether oxygens (including phenoxy) is 1. The molecule has 2 rings (SSSR count). The second-order valence-corrected chi connectivity index (χ2v) is 5.23. The van der Waals surface area contributed by atoms with Gasteiger partial charge in [-0.2, -0.15) is 0 Å². The number of nitrogens with zero attached hydrogens (tertiary/aromatic N) is 2. The van der Waals surface area contributed by atoms with Gasteiger partial charge in [0.25, 0.3) is 0 Å². The Hall–Kier alpha value is -1.80. The second kappa shape index (κ2) is 6.53. The van der Waals surface area contributed by atoms with Crippen LogP contribution in [-0.2, 0) is 0 Å². The molecule has 122 valence electrons. The Morgan fingerprint density at radius 2 is 1.91 bits per heavy atom. The fraction of sp³-hybridized carbons (Fsp3) is 0.500. The lowest BCUT2D eigenvalue weighted by molar-refractivity contribution is -0.274. The summed E-state index contributed by atoms with van der Waals surface area (Å²) in [5.41, 5.74) is -0.166. The molecule has 1 aliphatic heterocycles. The Labute approximate surface area is 125 Å². The fourth-order valence-corrected chi connectivity index (χ4v) is 2.23. The monoisotopic (exact) mass is 318 g/mol. The molecule has 1 saturated heterocycles. The molecule has 0 unspecified atom stereocenters. The van der Waals surface area contributed by atoms with E-state index in [4.69, 9.17) is 0 Å². The highest BCUT2D eigenvalue weighted by molar-refractivity contribution is 6.00. The number of Topliss-reactive ketones (excluding diaryl/α,β-unsaturated/α-hetero) is 1. The van der Waals surface area contributed by atoms with Gasteiger partial charge in [0, 0.05) is 26.2 Å². The van der Waals surface area contributed by atoms with Gasteiger partial charge in [-0.1, -0.05) is 0 Å². The number of piperazine rings is 1. The van der Waals surface area contributed by atoms with Gasteiger partial charge < -0.3 is 14.7 Å². The highest BCUT2D eigenvalue weighted by atomic mass is 19.4. The lowest BCUT2D eigenvalue weighted by atomic mass is 10.1. The third-order valence-corrected chi connectivity index (χ3v) is 3.47. The van der Waals surface area contributed by atoms with Crippen molar-refractivity contribution in [2.24, 2.45) is 0 Å². The molecule has 0 saturated carbocycles. The van der Waals surface area contributed by atoms with Gasteiger partial charge in [-0.05, 0) is 25.2 Å². The minimum atomic E-state index is -4.84. The fourth-order valence-electron chi connectivity index (χ4n) is 2.23. The molecular formula is C14H17F3N2O3. The van der Waals surface area contributed by atoms with Crippen LogP contribution in [0.4, 0.5) is 13.2 Å². The van der Waals surface area contributed by atoms with E-state index < -0.39 is 17.9 Å². The topological polar surface area (TPSA) is 53.0 Å². The largest absolute Gasteiger partial charge is 0.573 e. The number of phenols is 1. The molecule has 1 heterocycles. The standard InChI is InChI=1S/C14H17F3N2O3/c1-18-4-6-19(7-5-18)9-13(21)11-8-10(2-3-12(11)20)22-14(15,16)17/h2-3,8,20H,4-7,9H2,1H3. The number of carbonyl (C=O) groups is 1. The number of hydrogen-bond donors (Lipinski definition) is 1. The molecule has 1 N–H and O–H groups in total. The summed E-state index contributed by atoms with van der Waals surface area (Å²) in [6.45, 7) is 3.08. The summed E-state index contributed by atoms with van der Waals surface area (Å²) < 4.78 is 40.4. The summed E-state index contributed by atoms with van der Waals surface area (Å²) in [6.07, 6.45) is -4.84. The molecule has 5 nitrogen and oxygen atoms in total.